The van der Waals surface area contributed by atoms with Crippen LogP contribution < -0.4 is 0 Å². The van der Waals surface area contributed by atoms with E-state index in [0.717, 1.165) is 7.28 Å². The summed E-state index contributed by atoms with van der Waals surface area (Å²) in [4.78, 5) is 0. The number of rotatable bonds is 2. The molecule has 56 valence electrons. The Morgan fingerprint density at radius 2 is 2.36 bits per heavy atom. The van der Waals surface area contributed by atoms with E-state index >= 15 is 0 Å². The molecular weight excluding hydrogens is 130 g/mol. The van der Waals surface area contributed by atoms with Crippen LogP contribution in [0.25, 0.3) is 0 Å². The number of allylic oxidation sites excluding steroid dienone is 2. The summed E-state index contributed by atoms with van der Waals surface area (Å²) in [6, 6.07) is 0. The molecule has 0 aromatic rings. The van der Waals surface area contributed by atoms with Crippen LogP contribution in [-0.4, -0.2) is 20.2 Å². The van der Waals surface area contributed by atoms with E-state index in [-0.39, 0.29) is 0 Å². The molecule has 0 saturated carbocycles. The fourth-order valence-electron chi connectivity index (χ4n) is 1.37. The van der Waals surface area contributed by atoms with Crippen molar-refractivity contribution >= 4 is 20.2 Å². The predicted octanol–water partition coefficient (Wildman–Crippen LogP) is 0.953. The van der Waals surface area contributed by atoms with Crippen LogP contribution in [0, 0.1) is 5.92 Å². The Kier molecular flexibility index (Phi) is 2.92. The molecule has 0 aromatic heterocycles. The summed E-state index contributed by atoms with van der Waals surface area (Å²) in [7, 11) is 5.09. The Labute approximate surface area is 70.7 Å². The van der Waals surface area contributed by atoms with Gasteiger partial charge < -0.3 is 0 Å². The number of hydrogen-bond acceptors (Lipinski definition) is 0. The van der Waals surface area contributed by atoms with Crippen LogP contribution in [0.4, 0.5) is 0 Å². The van der Waals surface area contributed by atoms with Crippen LogP contribution >= 0.6 is 0 Å². The molecule has 0 spiro atoms. The molecule has 0 amide bonds. The van der Waals surface area contributed by atoms with E-state index < -0.39 is 0 Å². The second-order valence-corrected chi connectivity index (χ2v) is 3.13. The minimum atomic E-state index is 0.674. The third-order valence-electron chi connectivity index (χ3n) is 2.31. The second-order valence-electron chi connectivity index (χ2n) is 3.13. The maximum absolute atomic E-state index is 4.01. The van der Waals surface area contributed by atoms with Crippen molar-refractivity contribution in [3.8, 4) is 0 Å². The third kappa shape index (κ3) is 1.95. The van der Waals surface area contributed by atoms with E-state index in [0.29, 0.717) is 5.92 Å². The zero-order valence-electron chi connectivity index (χ0n) is 7.43. The molecule has 1 heterocycles. The van der Waals surface area contributed by atoms with Gasteiger partial charge in [0.25, 0.3) is 0 Å². The summed E-state index contributed by atoms with van der Waals surface area (Å²) in [6.45, 7) is 4.48. The van der Waals surface area contributed by atoms with E-state index in [1.807, 2.05) is 0 Å². The Balaban J connectivity index is 2.71. The van der Waals surface area contributed by atoms with Crippen molar-refractivity contribution in [1.29, 1.82) is 0 Å². The summed E-state index contributed by atoms with van der Waals surface area (Å²) in [5.74, 6) is 5.12. The average Bonchev–Trinajstić information content (AvgIpc) is 2.04. The molecule has 1 aliphatic heterocycles. The maximum atomic E-state index is 4.01. The van der Waals surface area contributed by atoms with Gasteiger partial charge in [0.1, 0.15) is 0 Å². The van der Waals surface area contributed by atoms with Crippen LogP contribution in [0.15, 0.2) is 23.6 Å². The standard InChI is InChI=1S/C9H14B2/c1-3-7(2)8-6-11-5-4-9(8)10/h4-7,10-11H,3H2,1-2H3. The summed E-state index contributed by atoms with van der Waals surface area (Å²) < 4.78 is 0. The topological polar surface area (TPSA) is 0 Å². The summed E-state index contributed by atoms with van der Waals surface area (Å²) >= 11 is 0. The van der Waals surface area contributed by atoms with Crippen LogP contribution in [0.3, 0.4) is 0 Å². The van der Waals surface area contributed by atoms with Crippen molar-refractivity contribution in [1.82, 2.24) is 0 Å². The molecule has 1 aliphatic rings. The van der Waals surface area contributed by atoms with E-state index in [4.69, 9.17) is 0 Å². The Morgan fingerprint density at radius 1 is 1.64 bits per heavy atom. The van der Waals surface area contributed by atoms with E-state index in [1.165, 1.54) is 17.5 Å². The second kappa shape index (κ2) is 3.75. The molecule has 0 N–H and O–H groups in total. The van der Waals surface area contributed by atoms with Gasteiger partial charge in [0.2, 0.25) is 0 Å². The monoisotopic (exact) mass is 144 g/mol. The molecular formula is C9H14B2. The first-order chi connectivity index (χ1) is 5.25. The van der Waals surface area contributed by atoms with E-state index in [2.05, 4.69) is 39.4 Å². The van der Waals surface area contributed by atoms with Crippen LogP contribution in [0.2, 0.25) is 0 Å². The molecule has 0 fully saturated rings. The van der Waals surface area contributed by atoms with Crippen LogP contribution in [0.1, 0.15) is 20.3 Å². The van der Waals surface area contributed by atoms with Crippen LogP contribution in [-0.2, 0) is 0 Å². The zero-order chi connectivity index (χ0) is 8.27. The van der Waals surface area contributed by atoms with Gasteiger partial charge >= 0.3 is 70.0 Å². The molecule has 0 bridgehead atoms. The first-order valence-corrected chi connectivity index (χ1v) is 4.31. The van der Waals surface area contributed by atoms with Gasteiger partial charge in [0.15, 0.2) is 0 Å². The molecule has 0 aliphatic carbocycles. The molecule has 11 heavy (non-hydrogen) atoms. The molecule has 2 heteroatoms. The predicted molar refractivity (Wildman–Crippen MR) is 56.0 cm³/mol. The van der Waals surface area contributed by atoms with Crippen molar-refractivity contribution in [2.45, 2.75) is 20.3 Å². The molecule has 1 rings (SSSR count). The quantitative estimate of drug-likeness (QED) is 0.506. The first kappa shape index (κ1) is 8.58. The van der Waals surface area contributed by atoms with E-state index in [1.54, 1.807) is 0 Å². The fourth-order valence-corrected chi connectivity index (χ4v) is 1.37. The molecule has 0 saturated heterocycles. The molecule has 0 radical (unpaired) electrons. The van der Waals surface area contributed by atoms with Gasteiger partial charge in [0, 0.05) is 0 Å². The van der Waals surface area contributed by atoms with E-state index in [9.17, 15) is 0 Å². The average molecular weight is 144 g/mol. The third-order valence-corrected chi connectivity index (χ3v) is 2.31. The number of hydrogen-bond donors (Lipinski definition) is 0. The van der Waals surface area contributed by atoms with Crippen LogP contribution in [0.5, 0.6) is 0 Å². The van der Waals surface area contributed by atoms with Crippen molar-refractivity contribution in [2.75, 3.05) is 0 Å². The first-order valence-electron chi connectivity index (χ1n) is 4.31. The molecule has 1 unspecified atom stereocenters. The fraction of sp³-hybridized carbons (Fsp3) is 0.444. The normalized spacial score (nSPS) is 19.0. The Morgan fingerprint density at radius 3 is 2.91 bits per heavy atom. The molecule has 0 nitrogen and oxygen atoms in total. The van der Waals surface area contributed by atoms with Gasteiger partial charge in [-0.25, -0.2) is 0 Å². The van der Waals surface area contributed by atoms with Crippen molar-refractivity contribution in [3.63, 3.8) is 0 Å². The van der Waals surface area contributed by atoms with Crippen molar-refractivity contribution in [2.24, 2.45) is 5.92 Å². The van der Waals surface area contributed by atoms with Crippen molar-refractivity contribution in [3.05, 3.63) is 23.6 Å². The molecule has 1 atom stereocenters. The van der Waals surface area contributed by atoms with Gasteiger partial charge in [-0.3, -0.25) is 0 Å². The van der Waals surface area contributed by atoms with Gasteiger partial charge in [-0.1, -0.05) is 0 Å². The van der Waals surface area contributed by atoms with Gasteiger partial charge in [-0.15, -0.1) is 0 Å². The Bertz CT molecular complexity index is 214. The van der Waals surface area contributed by atoms with Gasteiger partial charge in [-0.2, -0.15) is 0 Å². The molecule has 0 aromatic carbocycles. The van der Waals surface area contributed by atoms with Crippen molar-refractivity contribution < 1.29 is 0 Å². The summed E-state index contributed by atoms with van der Waals surface area (Å²) in [5, 5.41) is 0. The van der Waals surface area contributed by atoms with Gasteiger partial charge in [-0.05, 0) is 0 Å². The Hall–Kier alpha value is -0.520. The minimum absolute atomic E-state index is 0.674. The summed E-state index contributed by atoms with van der Waals surface area (Å²) in [6.07, 6.45) is 3.33. The SMILES string of the molecule is B=C1C=CBC=C1C(C)CC. The zero-order valence-corrected chi connectivity index (χ0v) is 7.43. The van der Waals surface area contributed by atoms with Gasteiger partial charge in [0.05, 0.1) is 0 Å². The summed E-state index contributed by atoms with van der Waals surface area (Å²) in [5.41, 5.74) is 2.64.